The number of hydrogen-bond donors (Lipinski definition) is 1. The van der Waals surface area contributed by atoms with E-state index >= 15 is 0 Å². The van der Waals surface area contributed by atoms with E-state index in [1.54, 1.807) is 12.3 Å². The van der Waals surface area contributed by atoms with Crippen molar-refractivity contribution in [1.29, 1.82) is 0 Å². The molecule has 6 heteroatoms. The minimum atomic E-state index is -0.111. The average Bonchev–Trinajstić information content (AvgIpc) is 2.90. The minimum Gasteiger partial charge on any atom is -0.449 e. The molecule has 0 aliphatic carbocycles. The van der Waals surface area contributed by atoms with Crippen LogP contribution in [0.2, 0.25) is 0 Å². The molecule has 2 aromatic heterocycles. The van der Waals surface area contributed by atoms with Gasteiger partial charge in [0.2, 0.25) is 0 Å². The predicted molar refractivity (Wildman–Crippen MR) is 86.7 cm³/mol. The van der Waals surface area contributed by atoms with Crippen LogP contribution in [-0.4, -0.2) is 41.0 Å². The second-order valence-electron chi connectivity index (χ2n) is 6.27. The summed E-state index contributed by atoms with van der Waals surface area (Å²) in [5.41, 5.74) is 1.09. The van der Waals surface area contributed by atoms with Crippen molar-refractivity contribution < 1.29 is 9.21 Å². The van der Waals surface area contributed by atoms with Gasteiger partial charge < -0.3 is 9.73 Å². The SMILES string of the molecule is C[C@H]1[C@H](NC(=O)c2cc3oc(Br)cc3cn2)C2CCN1CC2. The number of amides is 1. The number of nitrogens with zero attached hydrogens (tertiary/aromatic N) is 2. The number of carbonyl (C=O) groups excluding carboxylic acids is 1. The fraction of sp³-hybridized carbons (Fsp3) is 0.500. The predicted octanol–water partition coefficient (Wildman–Crippen LogP) is 2.80. The van der Waals surface area contributed by atoms with Crippen LogP contribution in [0.4, 0.5) is 0 Å². The zero-order valence-electron chi connectivity index (χ0n) is 12.4. The Kier molecular flexibility index (Phi) is 3.46. The molecule has 116 valence electrons. The van der Waals surface area contributed by atoms with E-state index in [0.717, 1.165) is 18.5 Å². The van der Waals surface area contributed by atoms with Gasteiger partial charge in [0.15, 0.2) is 4.67 Å². The van der Waals surface area contributed by atoms with Crippen LogP contribution in [0, 0.1) is 5.92 Å². The number of carbonyl (C=O) groups is 1. The maximum Gasteiger partial charge on any atom is 0.270 e. The van der Waals surface area contributed by atoms with E-state index in [2.05, 4.69) is 38.1 Å². The molecule has 0 saturated carbocycles. The summed E-state index contributed by atoms with van der Waals surface area (Å²) in [5, 5.41) is 4.08. The van der Waals surface area contributed by atoms with Crippen LogP contribution < -0.4 is 5.32 Å². The monoisotopic (exact) mass is 363 g/mol. The molecule has 3 fully saturated rings. The fourth-order valence-electron chi connectivity index (χ4n) is 3.80. The normalized spacial score (nSPS) is 30.6. The Balaban J connectivity index is 1.55. The summed E-state index contributed by atoms with van der Waals surface area (Å²) in [4.78, 5) is 19.3. The first-order valence-electron chi connectivity index (χ1n) is 7.72. The molecule has 1 amide bonds. The van der Waals surface area contributed by atoms with Crippen molar-refractivity contribution >= 4 is 32.8 Å². The molecule has 2 atom stereocenters. The number of halogens is 1. The first-order valence-corrected chi connectivity index (χ1v) is 8.51. The second kappa shape index (κ2) is 5.35. The number of piperidine rings is 3. The molecular formula is C16H18BrN3O2. The van der Waals surface area contributed by atoms with Gasteiger partial charge in [-0.05, 0) is 54.7 Å². The number of aromatic nitrogens is 1. The van der Waals surface area contributed by atoms with Crippen molar-refractivity contribution in [2.75, 3.05) is 13.1 Å². The highest BCUT2D eigenvalue weighted by atomic mass is 79.9. The van der Waals surface area contributed by atoms with Gasteiger partial charge in [-0.2, -0.15) is 0 Å². The molecule has 5 rings (SSSR count). The van der Waals surface area contributed by atoms with E-state index in [0.29, 0.717) is 27.9 Å². The van der Waals surface area contributed by atoms with E-state index < -0.39 is 0 Å². The standard InChI is InChI=1S/C16H18BrN3O2/c1-9-15(10-2-4-20(9)5-3-10)19-16(21)12-7-13-11(8-18-12)6-14(17)22-13/h6-10,15H,2-5H2,1H3,(H,19,21)/t9-,15-/m0/s1. The van der Waals surface area contributed by atoms with Crippen LogP contribution >= 0.6 is 15.9 Å². The molecule has 22 heavy (non-hydrogen) atoms. The van der Waals surface area contributed by atoms with Crippen LogP contribution in [0.3, 0.4) is 0 Å². The number of rotatable bonds is 2. The van der Waals surface area contributed by atoms with Gasteiger partial charge in [-0.1, -0.05) is 0 Å². The van der Waals surface area contributed by atoms with Crippen molar-refractivity contribution in [2.45, 2.75) is 31.8 Å². The number of nitrogens with one attached hydrogen (secondary N) is 1. The number of fused-ring (bicyclic) bond motifs is 4. The summed E-state index contributed by atoms with van der Waals surface area (Å²) in [6, 6.07) is 4.18. The third kappa shape index (κ3) is 2.34. The molecule has 0 radical (unpaired) electrons. The van der Waals surface area contributed by atoms with Crippen LogP contribution in [0.5, 0.6) is 0 Å². The van der Waals surface area contributed by atoms with Crippen molar-refractivity contribution in [3.63, 3.8) is 0 Å². The highest BCUT2D eigenvalue weighted by Gasteiger charge is 2.40. The number of hydrogen-bond acceptors (Lipinski definition) is 4. The van der Waals surface area contributed by atoms with Gasteiger partial charge >= 0.3 is 0 Å². The molecule has 3 aliphatic rings. The van der Waals surface area contributed by atoms with E-state index in [1.165, 1.54) is 12.8 Å². The summed E-state index contributed by atoms with van der Waals surface area (Å²) in [7, 11) is 0. The van der Waals surface area contributed by atoms with Gasteiger partial charge in [0.05, 0.1) is 0 Å². The average molecular weight is 364 g/mol. The van der Waals surface area contributed by atoms with Crippen molar-refractivity contribution in [1.82, 2.24) is 15.2 Å². The topological polar surface area (TPSA) is 58.4 Å². The first-order chi connectivity index (χ1) is 10.6. The Hall–Kier alpha value is -1.40. The summed E-state index contributed by atoms with van der Waals surface area (Å²) in [5.74, 6) is 0.477. The van der Waals surface area contributed by atoms with Crippen LogP contribution in [0.25, 0.3) is 11.0 Å². The second-order valence-corrected chi connectivity index (χ2v) is 7.05. The summed E-state index contributed by atoms with van der Waals surface area (Å²) >= 11 is 3.30. The zero-order valence-corrected chi connectivity index (χ0v) is 14.0. The highest BCUT2D eigenvalue weighted by molar-refractivity contribution is 9.10. The molecule has 0 unspecified atom stereocenters. The molecule has 2 aromatic rings. The molecule has 5 nitrogen and oxygen atoms in total. The van der Waals surface area contributed by atoms with Crippen LogP contribution in [-0.2, 0) is 0 Å². The molecule has 3 aliphatic heterocycles. The van der Waals surface area contributed by atoms with Gasteiger partial charge in [-0.25, -0.2) is 0 Å². The van der Waals surface area contributed by atoms with Crippen LogP contribution in [0.1, 0.15) is 30.3 Å². The fourth-order valence-corrected chi connectivity index (χ4v) is 4.22. The van der Waals surface area contributed by atoms with Gasteiger partial charge in [0.25, 0.3) is 5.91 Å². The van der Waals surface area contributed by atoms with Crippen molar-refractivity contribution in [2.24, 2.45) is 5.92 Å². The third-order valence-corrected chi connectivity index (χ3v) is 5.47. The Bertz CT molecular complexity index is 719. The smallest absolute Gasteiger partial charge is 0.270 e. The summed E-state index contributed by atoms with van der Waals surface area (Å²) < 4.78 is 6.15. The van der Waals surface area contributed by atoms with Gasteiger partial charge in [0.1, 0.15) is 11.3 Å². The Labute approximate surface area is 137 Å². The quantitative estimate of drug-likeness (QED) is 0.891. The number of pyridine rings is 1. The van der Waals surface area contributed by atoms with E-state index in [1.807, 2.05) is 6.07 Å². The Morgan fingerprint density at radius 1 is 1.41 bits per heavy atom. The Morgan fingerprint density at radius 3 is 2.91 bits per heavy atom. The summed E-state index contributed by atoms with van der Waals surface area (Å²) in [6.07, 6.45) is 4.03. The lowest BCUT2D eigenvalue weighted by Gasteiger charge is -2.49. The summed E-state index contributed by atoms with van der Waals surface area (Å²) in [6.45, 7) is 4.52. The van der Waals surface area contributed by atoms with Crippen LogP contribution in [0.15, 0.2) is 27.4 Å². The lowest BCUT2D eigenvalue weighted by atomic mass is 9.79. The lowest BCUT2D eigenvalue weighted by Crippen LogP contribution is -2.62. The van der Waals surface area contributed by atoms with Gasteiger partial charge in [-0.15, -0.1) is 0 Å². The third-order valence-electron chi connectivity index (χ3n) is 5.08. The van der Waals surface area contributed by atoms with Gasteiger partial charge in [0, 0.05) is 35.8 Å². The molecule has 2 bridgehead atoms. The molecule has 3 saturated heterocycles. The van der Waals surface area contributed by atoms with E-state index in [9.17, 15) is 4.79 Å². The maximum absolute atomic E-state index is 12.5. The lowest BCUT2D eigenvalue weighted by molar-refractivity contribution is 0.0216. The van der Waals surface area contributed by atoms with E-state index in [4.69, 9.17) is 4.42 Å². The largest absolute Gasteiger partial charge is 0.449 e. The Morgan fingerprint density at radius 2 is 2.18 bits per heavy atom. The molecule has 0 spiro atoms. The molecule has 1 N–H and O–H groups in total. The number of furan rings is 1. The maximum atomic E-state index is 12.5. The van der Waals surface area contributed by atoms with Crippen molar-refractivity contribution in [3.05, 3.63) is 28.7 Å². The van der Waals surface area contributed by atoms with Crippen molar-refractivity contribution in [3.8, 4) is 0 Å². The highest BCUT2D eigenvalue weighted by Crippen LogP contribution is 2.32. The molecule has 0 aromatic carbocycles. The van der Waals surface area contributed by atoms with E-state index in [-0.39, 0.29) is 11.9 Å². The van der Waals surface area contributed by atoms with Gasteiger partial charge in [-0.3, -0.25) is 14.7 Å². The first kappa shape index (κ1) is 14.2. The molecule has 5 heterocycles. The minimum absolute atomic E-state index is 0.111. The zero-order chi connectivity index (χ0) is 15.3. The molecular weight excluding hydrogens is 346 g/mol.